The number of hydrogen-bond donors (Lipinski definition) is 2. The first kappa shape index (κ1) is 21.2. The molecular formula is C18H35IN4O2. The molecule has 3 aliphatic rings. The van der Waals surface area contributed by atoms with Crippen LogP contribution in [0, 0.1) is 5.92 Å². The summed E-state index contributed by atoms with van der Waals surface area (Å²) in [6.07, 6.45) is 7.10. The first-order chi connectivity index (χ1) is 11.8. The lowest BCUT2D eigenvalue weighted by Crippen LogP contribution is -2.51. The van der Waals surface area contributed by atoms with E-state index in [1.807, 2.05) is 0 Å². The number of guanidine groups is 1. The van der Waals surface area contributed by atoms with Crippen LogP contribution in [0.1, 0.15) is 39.0 Å². The molecule has 2 bridgehead atoms. The summed E-state index contributed by atoms with van der Waals surface area (Å²) < 4.78 is 11.2. The number of methoxy groups -OCH3 is 1. The number of aliphatic imine (C=N–C) groups is 1. The topological polar surface area (TPSA) is 58.1 Å². The third-order valence-corrected chi connectivity index (χ3v) is 5.52. The lowest BCUT2D eigenvalue weighted by molar-refractivity contribution is 0.0937. The molecule has 146 valence electrons. The number of nitrogens with one attached hydrogen (secondary N) is 2. The lowest BCUT2D eigenvalue weighted by Gasteiger charge is -2.33. The summed E-state index contributed by atoms with van der Waals surface area (Å²) in [5, 5.41) is 7.06. The van der Waals surface area contributed by atoms with Gasteiger partial charge >= 0.3 is 0 Å². The van der Waals surface area contributed by atoms with Crippen LogP contribution in [0.25, 0.3) is 0 Å². The van der Waals surface area contributed by atoms with Crippen molar-refractivity contribution in [2.45, 2.75) is 57.3 Å². The molecule has 0 saturated carbocycles. The number of rotatable bonds is 7. The number of ether oxygens (including phenoxy) is 2. The van der Waals surface area contributed by atoms with Crippen LogP contribution in [0.3, 0.4) is 0 Å². The second kappa shape index (κ2) is 10.9. The van der Waals surface area contributed by atoms with Crippen LogP contribution in [-0.2, 0) is 9.47 Å². The molecular weight excluding hydrogens is 431 g/mol. The van der Waals surface area contributed by atoms with Crippen molar-refractivity contribution >= 4 is 29.9 Å². The van der Waals surface area contributed by atoms with E-state index in [9.17, 15) is 0 Å². The summed E-state index contributed by atoms with van der Waals surface area (Å²) in [5.41, 5.74) is 0. The molecule has 2 N–H and O–H groups in total. The highest BCUT2D eigenvalue weighted by Gasteiger charge is 2.40. The highest BCUT2D eigenvalue weighted by molar-refractivity contribution is 14.0. The normalized spacial score (nSPS) is 32.5. The van der Waals surface area contributed by atoms with Gasteiger partial charge in [-0.25, -0.2) is 0 Å². The molecule has 0 spiro atoms. The van der Waals surface area contributed by atoms with Gasteiger partial charge in [-0.2, -0.15) is 0 Å². The van der Waals surface area contributed by atoms with Crippen molar-refractivity contribution in [3.63, 3.8) is 0 Å². The zero-order valence-corrected chi connectivity index (χ0v) is 18.0. The van der Waals surface area contributed by atoms with Crippen molar-refractivity contribution in [3.8, 4) is 0 Å². The zero-order valence-electron chi connectivity index (χ0n) is 15.7. The zero-order chi connectivity index (χ0) is 16.8. The van der Waals surface area contributed by atoms with Crippen molar-refractivity contribution in [3.05, 3.63) is 0 Å². The molecule has 7 heteroatoms. The van der Waals surface area contributed by atoms with Crippen LogP contribution >= 0.6 is 24.0 Å². The summed E-state index contributed by atoms with van der Waals surface area (Å²) in [4.78, 5) is 7.35. The summed E-state index contributed by atoms with van der Waals surface area (Å²) in [6.45, 7) is 8.00. The number of likely N-dealkylation sites (tertiary alicyclic amines) is 1. The van der Waals surface area contributed by atoms with Gasteiger partial charge in [0, 0.05) is 45.2 Å². The van der Waals surface area contributed by atoms with Crippen LogP contribution in [0.5, 0.6) is 0 Å². The van der Waals surface area contributed by atoms with Crippen molar-refractivity contribution in [1.82, 2.24) is 15.5 Å². The summed E-state index contributed by atoms with van der Waals surface area (Å²) in [6, 6.07) is 0.477. The molecule has 0 amide bonds. The molecule has 4 unspecified atom stereocenters. The minimum absolute atomic E-state index is 0. The van der Waals surface area contributed by atoms with Gasteiger partial charge in [0.2, 0.25) is 0 Å². The molecule has 0 aromatic carbocycles. The van der Waals surface area contributed by atoms with Gasteiger partial charge < -0.3 is 20.1 Å². The van der Waals surface area contributed by atoms with E-state index in [1.54, 1.807) is 7.11 Å². The van der Waals surface area contributed by atoms with Crippen molar-refractivity contribution in [2.75, 3.05) is 46.4 Å². The molecule has 4 atom stereocenters. The van der Waals surface area contributed by atoms with E-state index in [0.717, 1.165) is 38.7 Å². The summed E-state index contributed by atoms with van der Waals surface area (Å²) in [7, 11) is 1.77. The summed E-state index contributed by atoms with van der Waals surface area (Å²) in [5.74, 6) is 1.59. The lowest BCUT2D eigenvalue weighted by atomic mass is 9.89. The quantitative estimate of drug-likeness (QED) is 0.341. The van der Waals surface area contributed by atoms with Crippen LogP contribution < -0.4 is 10.6 Å². The first-order valence-electron chi connectivity index (χ1n) is 9.70. The van der Waals surface area contributed by atoms with Gasteiger partial charge in [0.05, 0.1) is 18.8 Å². The van der Waals surface area contributed by atoms with Crippen LogP contribution in [0.4, 0.5) is 0 Å². The highest BCUT2D eigenvalue weighted by atomic mass is 127. The van der Waals surface area contributed by atoms with E-state index in [-0.39, 0.29) is 24.0 Å². The van der Waals surface area contributed by atoms with E-state index in [4.69, 9.17) is 14.5 Å². The molecule has 3 rings (SSSR count). The second-order valence-corrected chi connectivity index (χ2v) is 7.37. The Balaban J connectivity index is 0.00000225. The molecule has 0 aromatic rings. The minimum Gasteiger partial charge on any atom is -0.383 e. The smallest absolute Gasteiger partial charge is 0.191 e. The molecule has 0 radical (unpaired) electrons. The Labute approximate surface area is 169 Å². The predicted molar refractivity (Wildman–Crippen MR) is 112 cm³/mol. The van der Waals surface area contributed by atoms with E-state index < -0.39 is 0 Å². The van der Waals surface area contributed by atoms with E-state index in [1.165, 1.54) is 38.6 Å². The molecule has 3 saturated heterocycles. The Bertz CT molecular complexity index is 424. The third kappa shape index (κ3) is 6.22. The van der Waals surface area contributed by atoms with E-state index in [2.05, 4.69) is 22.5 Å². The largest absolute Gasteiger partial charge is 0.383 e. The van der Waals surface area contributed by atoms with Crippen molar-refractivity contribution in [2.24, 2.45) is 10.9 Å². The SMILES string of the molecule is CCNC(=NCC1CC2CCC1O2)NC1CCCN(CCOC)C1.I. The Morgan fingerprint density at radius 1 is 1.32 bits per heavy atom. The highest BCUT2D eigenvalue weighted by Crippen LogP contribution is 2.38. The number of piperidine rings is 1. The predicted octanol–water partition coefficient (Wildman–Crippen LogP) is 1.84. The standard InChI is InChI=1S/C18H34N4O2.HI/c1-3-19-18(20-12-14-11-16-6-7-17(14)24-16)21-15-5-4-8-22(13-15)9-10-23-2;/h14-17H,3-13H2,1-2H3,(H2,19,20,21);1H. The maximum Gasteiger partial charge on any atom is 0.191 e. The van der Waals surface area contributed by atoms with E-state index in [0.29, 0.717) is 24.2 Å². The van der Waals surface area contributed by atoms with Gasteiger partial charge in [-0.15, -0.1) is 24.0 Å². The fraction of sp³-hybridized carbons (Fsp3) is 0.944. The fourth-order valence-electron chi connectivity index (χ4n) is 4.25. The Morgan fingerprint density at radius 3 is 2.88 bits per heavy atom. The molecule has 3 heterocycles. The fourth-order valence-corrected chi connectivity index (χ4v) is 4.25. The van der Waals surface area contributed by atoms with Gasteiger partial charge in [-0.05, 0) is 45.6 Å². The van der Waals surface area contributed by atoms with Gasteiger partial charge in [0.1, 0.15) is 0 Å². The third-order valence-electron chi connectivity index (χ3n) is 5.52. The van der Waals surface area contributed by atoms with Crippen LogP contribution in [0.2, 0.25) is 0 Å². The molecule has 0 aromatic heterocycles. The molecule has 6 nitrogen and oxygen atoms in total. The van der Waals surface area contributed by atoms with Gasteiger partial charge in [-0.3, -0.25) is 9.89 Å². The van der Waals surface area contributed by atoms with E-state index >= 15 is 0 Å². The Hall–Kier alpha value is -0.120. The van der Waals surface area contributed by atoms with Crippen LogP contribution in [-0.4, -0.2) is 75.5 Å². The molecule has 3 fully saturated rings. The number of fused-ring (bicyclic) bond motifs is 2. The molecule has 3 aliphatic heterocycles. The summed E-state index contributed by atoms with van der Waals surface area (Å²) >= 11 is 0. The second-order valence-electron chi connectivity index (χ2n) is 7.37. The first-order valence-corrected chi connectivity index (χ1v) is 9.70. The van der Waals surface area contributed by atoms with Crippen LogP contribution in [0.15, 0.2) is 4.99 Å². The molecule has 25 heavy (non-hydrogen) atoms. The monoisotopic (exact) mass is 466 g/mol. The molecule has 0 aliphatic carbocycles. The number of halogens is 1. The Kier molecular flexibility index (Phi) is 9.23. The Morgan fingerprint density at radius 2 is 2.20 bits per heavy atom. The minimum atomic E-state index is 0. The number of hydrogen-bond acceptors (Lipinski definition) is 4. The average Bonchev–Trinajstić information content (AvgIpc) is 3.21. The maximum atomic E-state index is 5.95. The van der Waals surface area contributed by atoms with Gasteiger partial charge in [0.15, 0.2) is 5.96 Å². The van der Waals surface area contributed by atoms with Gasteiger partial charge in [-0.1, -0.05) is 0 Å². The maximum absolute atomic E-state index is 5.95. The van der Waals surface area contributed by atoms with Crippen molar-refractivity contribution in [1.29, 1.82) is 0 Å². The average molecular weight is 466 g/mol. The number of nitrogens with zero attached hydrogens (tertiary/aromatic N) is 2. The van der Waals surface area contributed by atoms with Crippen molar-refractivity contribution < 1.29 is 9.47 Å². The van der Waals surface area contributed by atoms with Gasteiger partial charge in [0.25, 0.3) is 0 Å².